The normalized spacial score (nSPS) is 39.8. The van der Waals surface area contributed by atoms with Crippen LogP contribution in [0.4, 0.5) is 4.79 Å². The molecule has 0 unspecified atom stereocenters. The van der Waals surface area contributed by atoms with E-state index in [4.69, 9.17) is 9.47 Å². The van der Waals surface area contributed by atoms with E-state index in [-0.39, 0.29) is 12.2 Å². The second-order valence-electron chi connectivity index (χ2n) is 2.49. The molecule has 0 aromatic rings. The lowest BCUT2D eigenvalue weighted by Gasteiger charge is -2.00. The van der Waals surface area contributed by atoms with E-state index in [0.29, 0.717) is 0 Å². The van der Waals surface area contributed by atoms with Crippen LogP contribution in [0.1, 0.15) is 19.3 Å². The van der Waals surface area contributed by atoms with Gasteiger partial charge in [-0.25, -0.2) is 4.79 Å². The molecule has 1 saturated heterocycles. The first-order valence-corrected chi connectivity index (χ1v) is 3.23. The fourth-order valence-corrected chi connectivity index (χ4v) is 1.44. The topological polar surface area (TPSA) is 35.5 Å². The van der Waals surface area contributed by atoms with Crippen LogP contribution in [0.3, 0.4) is 0 Å². The van der Waals surface area contributed by atoms with Crippen molar-refractivity contribution in [1.82, 2.24) is 0 Å². The Kier molecular flexibility index (Phi) is 0.917. The van der Waals surface area contributed by atoms with Crippen LogP contribution in [-0.4, -0.2) is 18.4 Å². The van der Waals surface area contributed by atoms with Gasteiger partial charge in [0.05, 0.1) is 0 Å². The number of fused-ring (bicyclic) bond motifs is 1. The maximum atomic E-state index is 10.4. The Balaban J connectivity index is 2.09. The third kappa shape index (κ3) is 0.677. The number of carbonyl (C=O) groups excluding carboxylic acids is 1. The molecular formula is C6H8O3. The monoisotopic (exact) mass is 128 g/mol. The van der Waals surface area contributed by atoms with Crippen LogP contribution < -0.4 is 0 Å². The van der Waals surface area contributed by atoms with Crippen LogP contribution in [0.5, 0.6) is 0 Å². The third-order valence-electron chi connectivity index (χ3n) is 1.89. The maximum Gasteiger partial charge on any atom is 0.509 e. The molecule has 1 aliphatic heterocycles. The molecule has 0 aromatic carbocycles. The first-order chi connectivity index (χ1) is 4.36. The highest BCUT2D eigenvalue weighted by atomic mass is 16.8. The number of rotatable bonds is 0. The molecule has 3 heteroatoms. The summed E-state index contributed by atoms with van der Waals surface area (Å²) in [5.41, 5.74) is 0. The Labute approximate surface area is 52.9 Å². The number of ether oxygens (including phenoxy) is 2. The van der Waals surface area contributed by atoms with Gasteiger partial charge in [-0.1, -0.05) is 0 Å². The van der Waals surface area contributed by atoms with E-state index >= 15 is 0 Å². The van der Waals surface area contributed by atoms with E-state index in [1.165, 1.54) is 0 Å². The molecule has 0 N–H and O–H groups in total. The molecule has 9 heavy (non-hydrogen) atoms. The van der Waals surface area contributed by atoms with Crippen molar-refractivity contribution in [2.45, 2.75) is 31.5 Å². The molecule has 50 valence electrons. The highest BCUT2D eigenvalue weighted by molar-refractivity contribution is 5.62. The van der Waals surface area contributed by atoms with Gasteiger partial charge in [-0.15, -0.1) is 0 Å². The minimum absolute atomic E-state index is 0.0810. The van der Waals surface area contributed by atoms with Crippen molar-refractivity contribution < 1.29 is 14.3 Å². The average Bonchev–Trinajstić information content (AvgIpc) is 2.22. The van der Waals surface area contributed by atoms with E-state index in [2.05, 4.69) is 0 Å². The lowest BCUT2D eigenvalue weighted by molar-refractivity contribution is 0.110. The van der Waals surface area contributed by atoms with Crippen molar-refractivity contribution in [2.75, 3.05) is 0 Å². The zero-order valence-electron chi connectivity index (χ0n) is 5.00. The van der Waals surface area contributed by atoms with Gasteiger partial charge in [0, 0.05) is 0 Å². The summed E-state index contributed by atoms with van der Waals surface area (Å²) >= 11 is 0. The van der Waals surface area contributed by atoms with E-state index in [0.717, 1.165) is 19.3 Å². The van der Waals surface area contributed by atoms with Crippen molar-refractivity contribution in [1.29, 1.82) is 0 Å². The Bertz CT molecular complexity index is 129. The Morgan fingerprint density at radius 1 is 1.22 bits per heavy atom. The van der Waals surface area contributed by atoms with E-state index in [1.54, 1.807) is 0 Å². The number of hydrogen-bond donors (Lipinski definition) is 0. The SMILES string of the molecule is O=C1O[C@H]2CCC[C@H]2O1. The largest absolute Gasteiger partial charge is 0.509 e. The van der Waals surface area contributed by atoms with E-state index in [1.807, 2.05) is 0 Å². The highest BCUT2D eigenvalue weighted by Gasteiger charge is 2.39. The van der Waals surface area contributed by atoms with Gasteiger partial charge in [-0.2, -0.15) is 0 Å². The van der Waals surface area contributed by atoms with Crippen molar-refractivity contribution in [2.24, 2.45) is 0 Å². The molecule has 0 amide bonds. The van der Waals surface area contributed by atoms with Gasteiger partial charge in [0.1, 0.15) is 12.2 Å². The summed E-state index contributed by atoms with van der Waals surface area (Å²) in [6.45, 7) is 0. The average molecular weight is 128 g/mol. The Hall–Kier alpha value is -0.730. The van der Waals surface area contributed by atoms with Crippen molar-refractivity contribution >= 4 is 6.16 Å². The van der Waals surface area contributed by atoms with Gasteiger partial charge in [-0.3, -0.25) is 0 Å². The van der Waals surface area contributed by atoms with Crippen molar-refractivity contribution in [3.63, 3.8) is 0 Å². The van der Waals surface area contributed by atoms with Crippen LogP contribution in [-0.2, 0) is 9.47 Å². The first kappa shape index (κ1) is 5.09. The summed E-state index contributed by atoms with van der Waals surface area (Å²) in [4.78, 5) is 10.4. The number of carbonyl (C=O) groups is 1. The second-order valence-corrected chi connectivity index (χ2v) is 2.49. The summed E-state index contributed by atoms with van der Waals surface area (Å²) in [5.74, 6) is 0. The summed E-state index contributed by atoms with van der Waals surface area (Å²) in [6.07, 6.45) is 2.77. The highest BCUT2D eigenvalue weighted by Crippen LogP contribution is 2.30. The fraction of sp³-hybridized carbons (Fsp3) is 0.833. The van der Waals surface area contributed by atoms with Crippen LogP contribution in [0, 0.1) is 0 Å². The molecule has 0 aromatic heterocycles. The summed E-state index contributed by atoms with van der Waals surface area (Å²) in [6, 6.07) is 0. The second kappa shape index (κ2) is 1.62. The summed E-state index contributed by atoms with van der Waals surface area (Å²) < 4.78 is 9.65. The van der Waals surface area contributed by atoms with Gasteiger partial charge in [0.15, 0.2) is 0 Å². The van der Waals surface area contributed by atoms with Gasteiger partial charge in [-0.05, 0) is 19.3 Å². The van der Waals surface area contributed by atoms with Crippen LogP contribution in [0.25, 0.3) is 0 Å². The Morgan fingerprint density at radius 2 is 1.78 bits per heavy atom. The smallest absolute Gasteiger partial charge is 0.427 e. The third-order valence-corrected chi connectivity index (χ3v) is 1.89. The predicted molar refractivity (Wildman–Crippen MR) is 29.0 cm³/mol. The molecule has 3 nitrogen and oxygen atoms in total. The molecule has 0 spiro atoms. The van der Waals surface area contributed by atoms with Crippen LogP contribution >= 0.6 is 0 Å². The fourth-order valence-electron chi connectivity index (χ4n) is 1.44. The number of hydrogen-bond acceptors (Lipinski definition) is 3. The van der Waals surface area contributed by atoms with E-state index < -0.39 is 6.16 Å². The standard InChI is InChI=1S/C6H8O3/c7-6-8-4-2-1-3-5(4)9-6/h4-5H,1-3H2/t4-,5+. The van der Waals surface area contributed by atoms with E-state index in [9.17, 15) is 4.79 Å². The minimum atomic E-state index is -0.482. The lowest BCUT2D eigenvalue weighted by Crippen LogP contribution is -2.13. The van der Waals surface area contributed by atoms with Gasteiger partial charge in [0.25, 0.3) is 0 Å². The van der Waals surface area contributed by atoms with Crippen molar-refractivity contribution in [3.05, 3.63) is 0 Å². The molecule has 1 aliphatic carbocycles. The van der Waals surface area contributed by atoms with Gasteiger partial charge < -0.3 is 9.47 Å². The molecule has 2 aliphatic rings. The Morgan fingerprint density at radius 3 is 2.33 bits per heavy atom. The molecule has 2 rings (SSSR count). The van der Waals surface area contributed by atoms with Crippen LogP contribution in [0.2, 0.25) is 0 Å². The molecule has 1 saturated carbocycles. The summed E-state index contributed by atoms with van der Waals surface area (Å²) in [5, 5.41) is 0. The molecule has 2 fully saturated rings. The zero-order chi connectivity index (χ0) is 6.27. The quantitative estimate of drug-likeness (QED) is 0.458. The molecule has 2 atom stereocenters. The van der Waals surface area contributed by atoms with Crippen molar-refractivity contribution in [3.8, 4) is 0 Å². The summed E-state index contributed by atoms with van der Waals surface area (Å²) in [7, 11) is 0. The predicted octanol–water partition coefficient (Wildman–Crippen LogP) is 1.07. The maximum absolute atomic E-state index is 10.4. The van der Waals surface area contributed by atoms with Gasteiger partial charge in [0.2, 0.25) is 0 Å². The molecule has 1 heterocycles. The van der Waals surface area contributed by atoms with Gasteiger partial charge >= 0.3 is 6.16 Å². The molecule has 0 bridgehead atoms. The van der Waals surface area contributed by atoms with Crippen LogP contribution in [0.15, 0.2) is 0 Å². The lowest BCUT2D eigenvalue weighted by atomic mass is 10.3. The first-order valence-electron chi connectivity index (χ1n) is 3.23. The molecular weight excluding hydrogens is 120 g/mol. The zero-order valence-corrected chi connectivity index (χ0v) is 5.00. The minimum Gasteiger partial charge on any atom is -0.427 e. The molecule has 0 radical (unpaired) electrons.